The van der Waals surface area contributed by atoms with Crippen LogP contribution in [-0.4, -0.2) is 28.6 Å². The van der Waals surface area contributed by atoms with Gasteiger partial charge in [0.2, 0.25) is 0 Å². The van der Waals surface area contributed by atoms with Crippen LogP contribution in [0.3, 0.4) is 0 Å². The summed E-state index contributed by atoms with van der Waals surface area (Å²) in [5.41, 5.74) is 1.34. The van der Waals surface area contributed by atoms with Crippen LogP contribution in [-0.2, 0) is 19.5 Å². The quantitative estimate of drug-likeness (QED) is 0.406. The lowest BCUT2D eigenvalue weighted by atomic mass is 10.1. The summed E-state index contributed by atoms with van der Waals surface area (Å²) in [6.45, 7) is 7.34. The maximum Gasteiger partial charge on any atom is 0.191 e. The molecule has 0 bridgehead atoms. The van der Waals surface area contributed by atoms with E-state index in [1.54, 1.807) is 0 Å². The molecule has 0 radical (unpaired) electrons. The number of benzene rings is 1. The second kappa shape index (κ2) is 11.0. The number of halogens is 1. The standard InChI is InChI=1S/C17H25N5.HI/c1-3-18-17(19-4-2)21-14-16-20-11-13-22(16)12-10-15-8-6-5-7-9-15;/h5-9,11,13H,3-4,10,12,14H2,1-2H3,(H2,18,19,21);1H. The van der Waals surface area contributed by atoms with Gasteiger partial charge in [0, 0.05) is 32.0 Å². The van der Waals surface area contributed by atoms with Crippen molar-refractivity contribution < 1.29 is 0 Å². The number of guanidine groups is 1. The molecule has 23 heavy (non-hydrogen) atoms. The molecule has 5 nitrogen and oxygen atoms in total. The molecule has 6 heteroatoms. The predicted molar refractivity (Wildman–Crippen MR) is 106 cm³/mol. The molecule has 0 spiro atoms. The van der Waals surface area contributed by atoms with E-state index >= 15 is 0 Å². The normalized spacial score (nSPS) is 9.83. The molecule has 1 heterocycles. The third-order valence-corrected chi connectivity index (χ3v) is 3.35. The Balaban J connectivity index is 0.00000264. The third-order valence-electron chi connectivity index (χ3n) is 3.35. The summed E-state index contributed by atoms with van der Waals surface area (Å²) in [7, 11) is 0. The Labute approximate surface area is 155 Å². The van der Waals surface area contributed by atoms with Crippen LogP contribution in [0.5, 0.6) is 0 Å². The molecule has 2 N–H and O–H groups in total. The second-order valence-electron chi connectivity index (χ2n) is 5.00. The van der Waals surface area contributed by atoms with Crippen molar-refractivity contribution in [3.8, 4) is 0 Å². The van der Waals surface area contributed by atoms with E-state index in [9.17, 15) is 0 Å². The van der Waals surface area contributed by atoms with Crippen molar-refractivity contribution in [3.05, 3.63) is 54.1 Å². The van der Waals surface area contributed by atoms with Crippen molar-refractivity contribution in [1.29, 1.82) is 0 Å². The van der Waals surface area contributed by atoms with Gasteiger partial charge in [0.1, 0.15) is 12.4 Å². The fourth-order valence-corrected chi connectivity index (χ4v) is 2.25. The molecule has 0 aliphatic carbocycles. The molecule has 1 aromatic carbocycles. The van der Waals surface area contributed by atoms with Crippen LogP contribution in [0.1, 0.15) is 25.2 Å². The first-order valence-corrected chi connectivity index (χ1v) is 7.89. The number of rotatable bonds is 7. The van der Waals surface area contributed by atoms with E-state index in [4.69, 9.17) is 0 Å². The lowest BCUT2D eigenvalue weighted by Gasteiger charge is -2.10. The molecule has 0 atom stereocenters. The first kappa shape index (κ1) is 19.5. The molecule has 0 fully saturated rings. The van der Waals surface area contributed by atoms with Gasteiger partial charge in [-0.1, -0.05) is 30.3 Å². The van der Waals surface area contributed by atoms with Gasteiger partial charge in [-0.2, -0.15) is 0 Å². The predicted octanol–water partition coefficient (Wildman–Crippen LogP) is 2.82. The van der Waals surface area contributed by atoms with Crippen molar-refractivity contribution in [2.75, 3.05) is 13.1 Å². The molecule has 126 valence electrons. The molecule has 0 saturated heterocycles. The first-order chi connectivity index (χ1) is 10.8. The van der Waals surface area contributed by atoms with E-state index in [2.05, 4.69) is 63.3 Å². The minimum Gasteiger partial charge on any atom is -0.357 e. The van der Waals surface area contributed by atoms with Crippen molar-refractivity contribution in [1.82, 2.24) is 20.2 Å². The van der Waals surface area contributed by atoms with Crippen molar-refractivity contribution >= 4 is 29.9 Å². The van der Waals surface area contributed by atoms with Crippen LogP contribution in [0.25, 0.3) is 0 Å². The van der Waals surface area contributed by atoms with Gasteiger partial charge in [0.25, 0.3) is 0 Å². The molecular formula is C17H26IN5. The number of aromatic nitrogens is 2. The molecule has 0 aliphatic rings. The number of hydrogen-bond donors (Lipinski definition) is 2. The highest BCUT2D eigenvalue weighted by Crippen LogP contribution is 2.05. The largest absolute Gasteiger partial charge is 0.357 e. The number of nitrogens with zero attached hydrogens (tertiary/aromatic N) is 3. The third kappa shape index (κ3) is 6.60. The van der Waals surface area contributed by atoms with Gasteiger partial charge in [-0.25, -0.2) is 9.98 Å². The summed E-state index contributed by atoms with van der Waals surface area (Å²) in [6, 6.07) is 10.5. The number of aliphatic imine (C=N–C) groups is 1. The van der Waals surface area contributed by atoms with Crippen LogP contribution in [0.15, 0.2) is 47.7 Å². The maximum atomic E-state index is 4.57. The summed E-state index contributed by atoms with van der Waals surface area (Å²) in [5.74, 6) is 1.83. The highest BCUT2D eigenvalue weighted by molar-refractivity contribution is 14.0. The minimum atomic E-state index is 0. The van der Waals surface area contributed by atoms with Gasteiger partial charge >= 0.3 is 0 Å². The average molecular weight is 427 g/mol. The average Bonchev–Trinajstić information content (AvgIpc) is 2.99. The van der Waals surface area contributed by atoms with Crippen molar-refractivity contribution in [2.45, 2.75) is 33.4 Å². The first-order valence-electron chi connectivity index (χ1n) is 7.89. The second-order valence-corrected chi connectivity index (χ2v) is 5.00. The highest BCUT2D eigenvalue weighted by atomic mass is 127. The zero-order chi connectivity index (χ0) is 15.6. The van der Waals surface area contributed by atoms with Crippen LogP contribution >= 0.6 is 24.0 Å². The van der Waals surface area contributed by atoms with Crippen LogP contribution in [0.4, 0.5) is 0 Å². The minimum absolute atomic E-state index is 0. The molecule has 0 saturated carbocycles. The fourth-order valence-electron chi connectivity index (χ4n) is 2.25. The number of imidazole rings is 1. The molecule has 2 aromatic rings. The molecule has 0 unspecified atom stereocenters. The van der Waals surface area contributed by atoms with E-state index < -0.39 is 0 Å². The van der Waals surface area contributed by atoms with Crippen LogP contribution in [0.2, 0.25) is 0 Å². The molecule has 0 amide bonds. The van der Waals surface area contributed by atoms with Gasteiger partial charge < -0.3 is 15.2 Å². The zero-order valence-corrected chi connectivity index (χ0v) is 16.2. The summed E-state index contributed by atoms with van der Waals surface area (Å²) in [5, 5.41) is 6.45. The van der Waals surface area contributed by atoms with E-state index in [0.717, 1.165) is 37.8 Å². The van der Waals surface area contributed by atoms with Gasteiger partial charge in [-0.05, 0) is 25.8 Å². The Morgan fingerprint density at radius 1 is 1.13 bits per heavy atom. The summed E-state index contributed by atoms with van der Waals surface area (Å²) in [6.07, 6.45) is 4.87. The highest BCUT2D eigenvalue weighted by Gasteiger charge is 2.03. The van der Waals surface area contributed by atoms with Crippen LogP contribution < -0.4 is 10.6 Å². The maximum absolute atomic E-state index is 4.57. The van der Waals surface area contributed by atoms with Crippen molar-refractivity contribution in [2.24, 2.45) is 4.99 Å². The Hall–Kier alpha value is -1.57. The molecular weight excluding hydrogens is 401 g/mol. The number of aryl methyl sites for hydroxylation is 2. The Morgan fingerprint density at radius 3 is 2.48 bits per heavy atom. The van der Waals surface area contributed by atoms with Gasteiger partial charge in [0.05, 0.1) is 0 Å². The molecule has 2 rings (SSSR count). The molecule has 0 aliphatic heterocycles. The summed E-state index contributed by atoms with van der Waals surface area (Å²) >= 11 is 0. The topological polar surface area (TPSA) is 54.2 Å². The van der Waals surface area contributed by atoms with E-state index in [1.807, 2.05) is 18.5 Å². The van der Waals surface area contributed by atoms with Gasteiger partial charge in [-0.3, -0.25) is 0 Å². The Kier molecular flexibility index (Phi) is 9.35. The lowest BCUT2D eigenvalue weighted by Crippen LogP contribution is -2.37. The lowest BCUT2D eigenvalue weighted by molar-refractivity contribution is 0.650. The van der Waals surface area contributed by atoms with E-state index in [-0.39, 0.29) is 24.0 Å². The fraction of sp³-hybridized carbons (Fsp3) is 0.412. The monoisotopic (exact) mass is 427 g/mol. The zero-order valence-electron chi connectivity index (χ0n) is 13.8. The Morgan fingerprint density at radius 2 is 1.83 bits per heavy atom. The van der Waals surface area contributed by atoms with E-state index in [0.29, 0.717) is 6.54 Å². The number of nitrogens with one attached hydrogen (secondary N) is 2. The number of hydrogen-bond acceptors (Lipinski definition) is 2. The smallest absolute Gasteiger partial charge is 0.191 e. The van der Waals surface area contributed by atoms with Crippen molar-refractivity contribution in [3.63, 3.8) is 0 Å². The summed E-state index contributed by atoms with van der Waals surface area (Å²) in [4.78, 5) is 8.99. The van der Waals surface area contributed by atoms with Gasteiger partial charge in [-0.15, -0.1) is 24.0 Å². The summed E-state index contributed by atoms with van der Waals surface area (Å²) < 4.78 is 2.17. The van der Waals surface area contributed by atoms with Gasteiger partial charge in [0.15, 0.2) is 5.96 Å². The SMILES string of the molecule is CCNC(=NCc1nccn1CCc1ccccc1)NCC.I. The molecule has 1 aromatic heterocycles. The van der Waals surface area contributed by atoms with Crippen LogP contribution in [0, 0.1) is 0 Å². The Bertz CT molecular complexity index is 572. The van der Waals surface area contributed by atoms with E-state index in [1.165, 1.54) is 5.56 Å².